The van der Waals surface area contributed by atoms with Crippen LogP contribution in [0.5, 0.6) is 0 Å². The van der Waals surface area contributed by atoms with Crippen molar-refractivity contribution in [2.75, 3.05) is 19.7 Å². The molecule has 3 N–H and O–H groups in total. The number of allylic oxidation sites excluding steroid dienone is 1. The van der Waals surface area contributed by atoms with Crippen molar-refractivity contribution in [3.63, 3.8) is 0 Å². The van der Waals surface area contributed by atoms with Crippen LogP contribution in [0.4, 0.5) is 4.79 Å². The lowest BCUT2D eigenvalue weighted by Gasteiger charge is -2.27. The zero-order valence-electron chi connectivity index (χ0n) is 24.0. The first-order chi connectivity index (χ1) is 17.4. The maximum Gasteiger partial charge on any atom is 0.408 e. The van der Waals surface area contributed by atoms with E-state index in [1.807, 2.05) is 32.9 Å². The molecule has 10 nitrogen and oxygen atoms in total. The van der Waals surface area contributed by atoms with Gasteiger partial charge in [0.15, 0.2) is 0 Å². The van der Waals surface area contributed by atoms with Gasteiger partial charge < -0.3 is 30.1 Å². The zero-order chi connectivity index (χ0) is 28.6. The quantitative estimate of drug-likeness (QED) is 0.201. The van der Waals surface area contributed by atoms with Crippen molar-refractivity contribution >= 4 is 23.9 Å². The Morgan fingerprint density at radius 3 is 2.35 bits per heavy atom. The molecular weight excluding hydrogens is 478 g/mol. The average Bonchev–Trinajstić information content (AvgIpc) is 3.22. The molecule has 1 saturated heterocycles. The number of aliphatic hydroxyl groups is 1. The van der Waals surface area contributed by atoms with E-state index < -0.39 is 47.7 Å². The Bertz CT molecular complexity index is 749. The third-order valence-electron chi connectivity index (χ3n) is 5.46. The Hall–Kier alpha value is -2.62. The molecule has 0 aliphatic carbocycles. The van der Waals surface area contributed by atoms with Crippen LogP contribution >= 0.6 is 0 Å². The highest BCUT2D eigenvalue weighted by Crippen LogP contribution is 2.20. The molecule has 0 aromatic heterocycles. The number of unbranched alkanes of at least 4 members (excludes halogenated alkanes) is 3. The fourth-order valence-corrected chi connectivity index (χ4v) is 3.72. The van der Waals surface area contributed by atoms with E-state index in [4.69, 9.17) is 9.47 Å². The number of ether oxygens (including phenoxy) is 2. The van der Waals surface area contributed by atoms with Crippen LogP contribution in [0.3, 0.4) is 0 Å². The summed E-state index contributed by atoms with van der Waals surface area (Å²) in [5, 5.41) is 15.2. The second-order valence-corrected chi connectivity index (χ2v) is 9.83. The maximum absolute atomic E-state index is 13.1. The molecule has 1 fully saturated rings. The van der Waals surface area contributed by atoms with Crippen molar-refractivity contribution in [1.29, 1.82) is 0 Å². The van der Waals surface area contributed by atoms with E-state index in [0.29, 0.717) is 0 Å². The number of hydrogen-bond acceptors (Lipinski definition) is 7. The standard InChI is InChI=1S/C25H43N3O7.C2H6/c1-7-9-10-11-12-13-17(3)21(23(32)34-8-2)27-22(31)19-14-18(29)16-28(19)20(30)15-26-24(33)35-25(4,5)6;1-2/h12-13,17-19,21,29H,7-11,14-16H2,1-6H3,(H,26,33)(H,27,31);1-2H3/b13-12-;. The summed E-state index contributed by atoms with van der Waals surface area (Å²) in [6.07, 6.45) is 6.41. The first-order valence-electron chi connectivity index (χ1n) is 13.5. The van der Waals surface area contributed by atoms with Gasteiger partial charge in [-0.1, -0.05) is 52.7 Å². The van der Waals surface area contributed by atoms with Crippen LogP contribution in [0.25, 0.3) is 0 Å². The van der Waals surface area contributed by atoms with E-state index in [1.54, 1.807) is 27.7 Å². The lowest BCUT2D eigenvalue weighted by atomic mass is 9.99. The van der Waals surface area contributed by atoms with E-state index in [9.17, 15) is 24.3 Å². The SMILES string of the molecule is CC.CCCCC/C=C\C(C)C(NC(=O)C1CC(O)CN1C(=O)CNC(=O)OC(C)(C)C)C(=O)OCC. The van der Waals surface area contributed by atoms with Gasteiger partial charge in [0.05, 0.1) is 12.7 Å². The molecule has 0 aromatic rings. The Kier molecular flexibility index (Phi) is 16.5. The van der Waals surface area contributed by atoms with E-state index >= 15 is 0 Å². The number of carbonyl (C=O) groups is 4. The zero-order valence-corrected chi connectivity index (χ0v) is 24.0. The normalized spacial score (nSPS) is 18.9. The second kappa shape index (κ2) is 17.8. The fraction of sp³-hybridized carbons (Fsp3) is 0.778. The molecule has 0 bridgehead atoms. The molecule has 0 radical (unpaired) electrons. The van der Waals surface area contributed by atoms with Crippen LogP contribution in [-0.2, 0) is 23.9 Å². The van der Waals surface area contributed by atoms with Crippen LogP contribution < -0.4 is 10.6 Å². The van der Waals surface area contributed by atoms with Gasteiger partial charge in [0.25, 0.3) is 0 Å². The van der Waals surface area contributed by atoms with Gasteiger partial charge >= 0.3 is 12.1 Å². The molecule has 3 amide bonds. The molecule has 1 aliphatic heterocycles. The predicted molar refractivity (Wildman–Crippen MR) is 143 cm³/mol. The lowest BCUT2D eigenvalue weighted by Crippen LogP contribution is -2.54. The smallest absolute Gasteiger partial charge is 0.408 e. The van der Waals surface area contributed by atoms with E-state index in [-0.39, 0.29) is 32.0 Å². The van der Waals surface area contributed by atoms with Crippen molar-refractivity contribution in [3.8, 4) is 0 Å². The molecule has 0 aromatic carbocycles. The molecule has 214 valence electrons. The van der Waals surface area contributed by atoms with E-state index in [1.165, 1.54) is 4.90 Å². The van der Waals surface area contributed by atoms with Crippen LogP contribution in [0, 0.1) is 5.92 Å². The molecule has 4 atom stereocenters. The monoisotopic (exact) mass is 527 g/mol. The highest BCUT2D eigenvalue weighted by Gasteiger charge is 2.40. The van der Waals surface area contributed by atoms with E-state index in [0.717, 1.165) is 25.7 Å². The number of esters is 1. The maximum atomic E-state index is 13.1. The summed E-state index contributed by atoms with van der Waals surface area (Å²) in [6, 6.07) is -1.91. The summed E-state index contributed by atoms with van der Waals surface area (Å²) in [5.41, 5.74) is -0.720. The van der Waals surface area contributed by atoms with Gasteiger partial charge in [0.1, 0.15) is 24.2 Å². The van der Waals surface area contributed by atoms with Gasteiger partial charge in [-0.15, -0.1) is 0 Å². The number of β-amino-alcohol motifs (C(OH)–C–C–N with tert-alkyl or cyclic N) is 1. The van der Waals surface area contributed by atoms with Gasteiger partial charge in [0.2, 0.25) is 11.8 Å². The minimum absolute atomic E-state index is 0.0286. The average molecular weight is 528 g/mol. The molecule has 10 heteroatoms. The third kappa shape index (κ3) is 13.5. The fourth-order valence-electron chi connectivity index (χ4n) is 3.72. The molecular formula is C27H49N3O7. The van der Waals surface area contributed by atoms with Crippen molar-refractivity contribution in [1.82, 2.24) is 15.5 Å². The molecule has 37 heavy (non-hydrogen) atoms. The molecule has 4 unspecified atom stereocenters. The highest BCUT2D eigenvalue weighted by molar-refractivity contribution is 5.92. The number of alkyl carbamates (subject to hydrolysis) is 1. The Morgan fingerprint density at radius 2 is 1.78 bits per heavy atom. The van der Waals surface area contributed by atoms with Gasteiger partial charge in [-0.05, 0) is 40.5 Å². The molecule has 0 spiro atoms. The largest absolute Gasteiger partial charge is 0.464 e. The summed E-state index contributed by atoms with van der Waals surface area (Å²) in [7, 11) is 0. The van der Waals surface area contributed by atoms with Crippen molar-refractivity contribution in [3.05, 3.63) is 12.2 Å². The van der Waals surface area contributed by atoms with Gasteiger partial charge in [-0.25, -0.2) is 9.59 Å². The number of nitrogens with one attached hydrogen (secondary N) is 2. The molecule has 0 saturated carbocycles. The highest BCUT2D eigenvalue weighted by atomic mass is 16.6. The minimum atomic E-state index is -0.976. The molecule has 1 aliphatic rings. The number of likely N-dealkylation sites (tertiary alicyclic amines) is 1. The van der Waals surface area contributed by atoms with Crippen molar-refractivity contribution in [2.45, 2.75) is 111 Å². The van der Waals surface area contributed by atoms with Crippen molar-refractivity contribution in [2.24, 2.45) is 5.92 Å². The summed E-state index contributed by atoms with van der Waals surface area (Å²) in [5.74, 6) is -1.99. The summed E-state index contributed by atoms with van der Waals surface area (Å²) < 4.78 is 10.3. The topological polar surface area (TPSA) is 134 Å². The van der Waals surface area contributed by atoms with E-state index in [2.05, 4.69) is 17.6 Å². The summed E-state index contributed by atoms with van der Waals surface area (Å²) in [4.78, 5) is 51.5. The number of aliphatic hydroxyl groups excluding tert-OH is 1. The minimum Gasteiger partial charge on any atom is -0.464 e. The summed E-state index contributed by atoms with van der Waals surface area (Å²) in [6.45, 7) is 14.5. The van der Waals surface area contributed by atoms with Crippen LogP contribution in [0.15, 0.2) is 12.2 Å². The van der Waals surface area contributed by atoms with Crippen LogP contribution in [0.2, 0.25) is 0 Å². The van der Waals surface area contributed by atoms with Crippen LogP contribution in [0.1, 0.15) is 87.5 Å². The molecule has 1 rings (SSSR count). The van der Waals surface area contributed by atoms with Gasteiger partial charge in [-0.2, -0.15) is 0 Å². The van der Waals surface area contributed by atoms with Gasteiger partial charge in [0, 0.05) is 18.9 Å². The third-order valence-corrected chi connectivity index (χ3v) is 5.46. The first kappa shape index (κ1) is 34.4. The first-order valence-corrected chi connectivity index (χ1v) is 13.5. The Morgan fingerprint density at radius 1 is 1.14 bits per heavy atom. The lowest BCUT2D eigenvalue weighted by molar-refractivity contribution is -0.149. The Labute approximate surface area is 222 Å². The number of amides is 3. The Balaban J connectivity index is 0.00000631. The number of rotatable bonds is 12. The van der Waals surface area contributed by atoms with Crippen LogP contribution in [-0.4, -0.2) is 77.4 Å². The number of nitrogens with zero attached hydrogens (tertiary/aromatic N) is 1. The number of hydrogen-bond donors (Lipinski definition) is 3. The summed E-state index contributed by atoms with van der Waals surface area (Å²) >= 11 is 0. The van der Waals surface area contributed by atoms with Crippen molar-refractivity contribution < 1.29 is 33.8 Å². The second-order valence-electron chi connectivity index (χ2n) is 9.83. The van der Waals surface area contributed by atoms with Gasteiger partial charge in [-0.3, -0.25) is 9.59 Å². The predicted octanol–water partition coefficient (Wildman–Crippen LogP) is 3.32. The number of carbonyl (C=O) groups excluding carboxylic acids is 4. The molecule has 1 heterocycles.